The Morgan fingerprint density at radius 1 is 2.00 bits per heavy atom. The van der Waals surface area contributed by atoms with Gasteiger partial charge in [-0.05, 0) is 6.92 Å². The first-order valence-electron chi connectivity index (χ1n) is 2.77. The Labute approximate surface area is 54.1 Å². The van der Waals surface area contributed by atoms with Crippen molar-refractivity contribution in [3.05, 3.63) is 18.7 Å². The maximum atomic E-state index is 10.7. The lowest BCUT2D eigenvalue weighted by Crippen LogP contribution is -2.41. The highest BCUT2D eigenvalue weighted by molar-refractivity contribution is 5.95. The van der Waals surface area contributed by atoms with Crippen LogP contribution in [0.2, 0.25) is 0 Å². The minimum atomic E-state index is -0.0475. The summed E-state index contributed by atoms with van der Waals surface area (Å²) in [4.78, 5) is 10.7. The van der Waals surface area contributed by atoms with Crippen LogP contribution in [0.5, 0.6) is 0 Å². The molecule has 3 nitrogen and oxygen atoms in total. The summed E-state index contributed by atoms with van der Waals surface area (Å²) in [6.45, 7) is 3.65. The first-order valence-corrected chi connectivity index (χ1v) is 2.77. The minimum Gasteiger partial charge on any atom is -0.383 e. The van der Waals surface area contributed by atoms with Crippen molar-refractivity contribution in [3.8, 4) is 0 Å². The number of hydrogen-bond donors (Lipinski definition) is 2. The molecule has 1 rings (SSSR count). The first-order chi connectivity index (χ1) is 4.25. The van der Waals surface area contributed by atoms with Crippen LogP contribution in [0.25, 0.3) is 0 Å². The van der Waals surface area contributed by atoms with Gasteiger partial charge in [0.15, 0.2) is 0 Å². The molecule has 1 aliphatic heterocycles. The van der Waals surface area contributed by atoms with E-state index in [4.69, 9.17) is 0 Å². The normalized spacial score (nSPS) is 23.3. The number of rotatable bonds is 1. The van der Waals surface area contributed by atoms with E-state index in [0.717, 1.165) is 5.57 Å². The zero-order valence-corrected chi connectivity index (χ0v) is 5.27. The Balaban J connectivity index is 2.54. The molecule has 3 heteroatoms. The number of amides is 1. The molecule has 0 aromatic carbocycles. The topological polar surface area (TPSA) is 41.1 Å². The Morgan fingerprint density at radius 3 is 2.78 bits per heavy atom. The monoisotopic (exact) mass is 125 g/mol. The molecule has 1 aliphatic rings. The molecule has 1 amide bonds. The van der Waals surface area contributed by atoms with Crippen LogP contribution in [-0.2, 0) is 4.79 Å². The highest BCUT2D eigenvalue weighted by Crippen LogP contribution is 2.08. The summed E-state index contributed by atoms with van der Waals surface area (Å²) >= 11 is 0. The molecule has 1 unspecified atom stereocenters. The van der Waals surface area contributed by atoms with Gasteiger partial charge in [0.25, 0.3) is 5.91 Å². The summed E-state index contributed by atoms with van der Waals surface area (Å²) in [6.07, 6.45) is 1.66. The second-order valence-corrected chi connectivity index (χ2v) is 1.90. The van der Waals surface area contributed by atoms with Crippen molar-refractivity contribution >= 4 is 5.91 Å². The zero-order valence-electron chi connectivity index (χ0n) is 5.27. The van der Waals surface area contributed by atoms with Gasteiger partial charge in [-0.2, -0.15) is 0 Å². The summed E-state index contributed by atoms with van der Waals surface area (Å²) in [7, 11) is 1.61. The molecule has 1 atom stereocenters. The summed E-state index contributed by atoms with van der Waals surface area (Å²) in [5.41, 5.74) is 0.720. The third kappa shape index (κ3) is 0.896. The van der Waals surface area contributed by atoms with Crippen LogP contribution in [0, 0.1) is 6.92 Å². The smallest absolute Gasteiger partial charge is 0.250 e. The Hall–Kier alpha value is -0.990. The van der Waals surface area contributed by atoms with Crippen LogP contribution < -0.4 is 10.6 Å². The van der Waals surface area contributed by atoms with Gasteiger partial charge < -0.3 is 10.6 Å². The van der Waals surface area contributed by atoms with Gasteiger partial charge in [-0.3, -0.25) is 4.79 Å². The lowest BCUT2D eigenvalue weighted by molar-refractivity contribution is -0.117. The van der Waals surface area contributed by atoms with E-state index < -0.39 is 0 Å². The van der Waals surface area contributed by atoms with Crippen molar-refractivity contribution in [2.75, 3.05) is 7.05 Å². The highest BCUT2D eigenvalue weighted by Gasteiger charge is 2.20. The third-order valence-electron chi connectivity index (χ3n) is 1.30. The fourth-order valence-corrected chi connectivity index (χ4v) is 0.653. The van der Waals surface area contributed by atoms with Crippen LogP contribution in [-0.4, -0.2) is 19.0 Å². The minimum absolute atomic E-state index is 0.0232. The molecule has 9 heavy (non-hydrogen) atoms. The van der Waals surface area contributed by atoms with Crippen LogP contribution >= 0.6 is 0 Å². The number of nitrogens with one attached hydrogen (secondary N) is 2. The predicted octanol–water partition coefficient (Wildman–Crippen LogP) is -0.578. The van der Waals surface area contributed by atoms with Gasteiger partial charge in [-0.25, -0.2) is 0 Å². The standard InChI is InChI=1S/C6H9N2O/c1-4-5(3-8-4)6(9)7-2/h3-4,8H,1H2,2H3,(H,7,9). The molecule has 0 bridgehead atoms. The summed E-state index contributed by atoms with van der Waals surface area (Å²) in [6, 6.07) is -0.0232. The van der Waals surface area contributed by atoms with Gasteiger partial charge >= 0.3 is 0 Å². The molecule has 2 N–H and O–H groups in total. The van der Waals surface area contributed by atoms with Crippen molar-refractivity contribution < 1.29 is 4.79 Å². The summed E-state index contributed by atoms with van der Waals surface area (Å²) in [5.74, 6) is -0.0475. The van der Waals surface area contributed by atoms with Gasteiger partial charge in [-0.15, -0.1) is 0 Å². The second kappa shape index (κ2) is 2.09. The van der Waals surface area contributed by atoms with Crippen LogP contribution in [0.15, 0.2) is 11.8 Å². The summed E-state index contributed by atoms with van der Waals surface area (Å²) < 4.78 is 0. The van der Waals surface area contributed by atoms with Crippen LogP contribution in [0.4, 0.5) is 0 Å². The molecule has 0 aliphatic carbocycles. The van der Waals surface area contributed by atoms with E-state index in [-0.39, 0.29) is 11.9 Å². The van der Waals surface area contributed by atoms with E-state index in [9.17, 15) is 4.79 Å². The second-order valence-electron chi connectivity index (χ2n) is 1.90. The maximum Gasteiger partial charge on any atom is 0.250 e. The number of carbonyl (C=O) groups is 1. The molecular weight excluding hydrogens is 116 g/mol. The third-order valence-corrected chi connectivity index (χ3v) is 1.30. The molecule has 1 radical (unpaired) electrons. The average molecular weight is 125 g/mol. The maximum absolute atomic E-state index is 10.7. The van der Waals surface area contributed by atoms with E-state index >= 15 is 0 Å². The van der Waals surface area contributed by atoms with Crippen molar-refractivity contribution in [2.45, 2.75) is 6.04 Å². The van der Waals surface area contributed by atoms with Gasteiger partial charge in [0.05, 0.1) is 11.6 Å². The number of carbonyl (C=O) groups excluding carboxylic acids is 1. The number of hydrogen-bond acceptors (Lipinski definition) is 2. The molecule has 0 saturated heterocycles. The van der Waals surface area contributed by atoms with Gasteiger partial charge in [0.1, 0.15) is 0 Å². The predicted molar refractivity (Wildman–Crippen MR) is 34.4 cm³/mol. The van der Waals surface area contributed by atoms with Gasteiger partial charge in [-0.1, -0.05) is 0 Å². The van der Waals surface area contributed by atoms with E-state index in [1.807, 2.05) is 0 Å². The van der Waals surface area contributed by atoms with Gasteiger partial charge in [0.2, 0.25) is 0 Å². The van der Waals surface area contributed by atoms with Crippen molar-refractivity contribution in [3.63, 3.8) is 0 Å². The molecule has 0 fully saturated rings. The fraction of sp³-hybridized carbons (Fsp3) is 0.333. The Kier molecular flexibility index (Phi) is 1.42. The summed E-state index contributed by atoms with van der Waals surface area (Å²) in [5, 5.41) is 5.35. The van der Waals surface area contributed by atoms with E-state index in [1.54, 1.807) is 13.2 Å². The average Bonchev–Trinajstić information content (AvgIpc) is 1.84. The molecular formula is C6H9N2O. The van der Waals surface area contributed by atoms with E-state index in [2.05, 4.69) is 17.6 Å². The molecule has 0 spiro atoms. The molecule has 0 aromatic rings. The van der Waals surface area contributed by atoms with E-state index in [0.29, 0.717) is 0 Å². The van der Waals surface area contributed by atoms with E-state index in [1.165, 1.54) is 0 Å². The Bertz CT molecular complexity index is 162. The zero-order chi connectivity index (χ0) is 6.85. The van der Waals surface area contributed by atoms with Crippen molar-refractivity contribution in [2.24, 2.45) is 0 Å². The van der Waals surface area contributed by atoms with Crippen molar-refractivity contribution in [1.29, 1.82) is 0 Å². The van der Waals surface area contributed by atoms with Crippen molar-refractivity contribution in [1.82, 2.24) is 10.6 Å². The molecule has 49 valence electrons. The van der Waals surface area contributed by atoms with Crippen LogP contribution in [0.3, 0.4) is 0 Å². The lowest BCUT2D eigenvalue weighted by Gasteiger charge is -2.23. The van der Waals surface area contributed by atoms with Gasteiger partial charge in [0, 0.05) is 13.2 Å². The highest BCUT2D eigenvalue weighted by atomic mass is 16.1. The number of likely N-dealkylation sites (N-methyl/N-ethyl adjacent to an activating group) is 1. The SMILES string of the molecule is [CH2]C1NC=C1C(=O)NC. The van der Waals surface area contributed by atoms with Crippen LogP contribution in [0.1, 0.15) is 0 Å². The molecule has 0 saturated carbocycles. The Morgan fingerprint density at radius 2 is 2.67 bits per heavy atom. The lowest BCUT2D eigenvalue weighted by atomic mass is 10.0. The molecule has 0 aromatic heterocycles. The fourth-order valence-electron chi connectivity index (χ4n) is 0.653. The first kappa shape index (κ1) is 6.13. The molecule has 1 heterocycles. The largest absolute Gasteiger partial charge is 0.383 e. The quantitative estimate of drug-likeness (QED) is 0.492.